The lowest BCUT2D eigenvalue weighted by Gasteiger charge is -1.96. The first-order chi connectivity index (χ1) is 9.58. The average Bonchev–Trinajstić information content (AvgIpc) is 2.93. The Labute approximate surface area is 125 Å². The lowest BCUT2D eigenvalue weighted by molar-refractivity contribution is -0.137. The van der Waals surface area contributed by atoms with Crippen LogP contribution in [0.15, 0.2) is 39.0 Å². The molecule has 2 heterocycles. The van der Waals surface area contributed by atoms with E-state index < -0.39 is 11.7 Å². The van der Waals surface area contributed by atoms with Gasteiger partial charge in [0.05, 0.1) is 11.0 Å². The maximum Gasteiger partial charge on any atom is 0.336 e. The number of rotatable bonds is 3. The Morgan fingerprint density at radius 1 is 1.35 bits per heavy atom. The van der Waals surface area contributed by atoms with Crippen molar-refractivity contribution in [2.45, 2.75) is 6.54 Å². The highest BCUT2D eigenvalue weighted by Crippen LogP contribution is 2.22. The van der Waals surface area contributed by atoms with Gasteiger partial charge in [-0.15, -0.1) is 11.3 Å². The summed E-state index contributed by atoms with van der Waals surface area (Å²) in [5, 5.41) is 11.2. The molecule has 0 bridgehead atoms. The molecule has 0 unspecified atom stereocenters. The first kappa shape index (κ1) is 13.1. The Balaban J connectivity index is 2.35. The first-order valence-corrected chi connectivity index (χ1v) is 7.28. The maximum absolute atomic E-state index is 12.4. The number of para-hydroxylation sites is 2. The predicted octanol–water partition coefficient (Wildman–Crippen LogP) is 2.10. The minimum Gasteiger partial charge on any atom is -0.480 e. The van der Waals surface area contributed by atoms with Crippen LogP contribution in [0.25, 0.3) is 16.2 Å². The third kappa shape index (κ3) is 2.06. The van der Waals surface area contributed by atoms with Gasteiger partial charge in [-0.25, -0.2) is 14.3 Å². The average molecular weight is 354 g/mol. The number of nitrogens with zero attached hydrogens (tertiary/aromatic N) is 3. The van der Waals surface area contributed by atoms with E-state index in [4.69, 9.17) is 5.11 Å². The Kier molecular flexibility index (Phi) is 3.19. The molecule has 0 saturated heterocycles. The summed E-state index contributed by atoms with van der Waals surface area (Å²) in [5.74, 6) is -1.06. The van der Waals surface area contributed by atoms with E-state index in [2.05, 4.69) is 20.9 Å². The molecule has 2 aromatic heterocycles. The summed E-state index contributed by atoms with van der Waals surface area (Å²) in [6.45, 7) is -0.376. The Bertz CT molecular complexity index is 864. The minimum atomic E-state index is -1.06. The van der Waals surface area contributed by atoms with Gasteiger partial charge in [0.2, 0.25) is 0 Å². The zero-order valence-corrected chi connectivity index (χ0v) is 12.4. The number of aromatic nitrogens is 3. The molecule has 0 aliphatic heterocycles. The summed E-state index contributed by atoms with van der Waals surface area (Å²) in [4.78, 5) is 27.6. The van der Waals surface area contributed by atoms with Gasteiger partial charge >= 0.3 is 11.7 Å². The second-order valence-corrected chi connectivity index (χ2v) is 5.69. The highest BCUT2D eigenvalue weighted by molar-refractivity contribution is 9.10. The largest absolute Gasteiger partial charge is 0.480 e. The molecule has 8 heteroatoms. The quantitative estimate of drug-likeness (QED) is 0.782. The summed E-state index contributed by atoms with van der Waals surface area (Å²) in [7, 11) is 0. The Morgan fingerprint density at radius 3 is 2.65 bits per heavy atom. The molecule has 1 aromatic carbocycles. The third-order valence-corrected chi connectivity index (χ3v) is 4.32. The van der Waals surface area contributed by atoms with E-state index in [1.165, 1.54) is 20.5 Å². The minimum absolute atomic E-state index is 0.376. The van der Waals surface area contributed by atoms with Crippen molar-refractivity contribution in [3.05, 3.63) is 44.7 Å². The lowest BCUT2D eigenvalue weighted by Crippen LogP contribution is -2.26. The van der Waals surface area contributed by atoms with E-state index in [1.54, 1.807) is 29.6 Å². The van der Waals surface area contributed by atoms with Gasteiger partial charge in [0.15, 0.2) is 5.13 Å². The number of hydrogen-bond donors (Lipinski definition) is 1. The van der Waals surface area contributed by atoms with E-state index in [0.717, 1.165) is 0 Å². The molecule has 6 nitrogen and oxygen atoms in total. The number of hydrogen-bond acceptors (Lipinski definition) is 4. The molecule has 102 valence electrons. The molecule has 0 radical (unpaired) electrons. The van der Waals surface area contributed by atoms with Crippen molar-refractivity contribution in [1.29, 1.82) is 0 Å². The van der Waals surface area contributed by atoms with Gasteiger partial charge in [-0.3, -0.25) is 9.36 Å². The van der Waals surface area contributed by atoms with Crippen molar-refractivity contribution in [2.75, 3.05) is 0 Å². The van der Waals surface area contributed by atoms with Crippen molar-refractivity contribution in [1.82, 2.24) is 14.1 Å². The van der Waals surface area contributed by atoms with Gasteiger partial charge in [0.25, 0.3) is 0 Å². The molecule has 20 heavy (non-hydrogen) atoms. The van der Waals surface area contributed by atoms with Crippen LogP contribution in [0.4, 0.5) is 0 Å². The topological polar surface area (TPSA) is 77.1 Å². The molecule has 0 spiro atoms. The number of thiazole rings is 1. The second-order valence-electron chi connectivity index (χ2n) is 4.04. The monoisotopic (exact) mass is 353 g/mol. The number of halogens is 1. The zero-order chi connectivity index (χ0) is 14.3. The molecule has 0 amide bonds. The molecule has 0 aliphatic rings. The highest BCUT2D eigenvalue weighted by Gasteiger charge is 2.17. The van der Waals surface area contributed by atoms with Crippen LogP contribution in [-0.4, -0.2) is 25.2 Å². The molecule has 1 N–H and O–H groups in total. The summed E-state index contributed by atoms with van der Waals surface area (Å²) in [6, 6.07) is 7.05. The molecule has 0 atom stereocenters. The second kappa shape index (κ2) is 4.88. The van der Waals surface area contributed by atoms with Crippen LogP contribution in [0.2, 0.25) is 0 Å². The summed E-state index contributed by atoms with van der Waals surface area (Å²) < 4.78 is 3.29. The fraction of sp³-hybridized carbons (Fsp3) is 0.0833. The number of aliphatic carboxylic acids is 1. The molecule has 3 aromatic rings. The van der Waals surface area contributed by atoms with E-state index >= 15 is 0 Å². The molecule has 3 rings (SSSR count). The summed E-state index contributed by atoms with van der Waals surface area (Å²) in [5.41, 5.74) is 0.808. The Morgan fingerprint density at radius 2 is 2.05 bits per heavy atom. The maximum atomic E-state index is 12.4. The van der Waals surface area contributed by atoms with Gasteiger partial charge < -0.3 is 5.11 Å². The van der Waals surface area contributed by atoms with E-state index in [-0.39, 0.29) is 6.54 Å². The number of carbonyl (C=O) groups is 1. The van der Waals surface area contributed by atoms with Crippen LogP contribution in [0.3, 0.4) is 0 Å². The van der Waals surface area contributed by atoms with Crippen LogP contribution in [0.1, 0.15) is 0 Å². The predicted molar refractivity (Wildman–Crippen MR) is 78.5 cm³/mol. The van der Waals surface area contributed by atoms with Gasteiger partial charge in [0.1, 0.15) is 11.1 Å². The van der Waals surface area contributed by atoms with Crippen LogP contribution >= 0.6 is 27.3 Å². The number of benzene rings is 1. The van der Waals surface area contributed by atoms with Crippen molar-refractivity contribution in [3.8, 4) is 5.13 Å². The van der Waals surface area contributed by atoms with Gasteiger partial charge in [-0.05, 0) is 28.1 Å². The van der Waals surface area contributed by atoms with Crippen LogP contribution in [0, 0.1) is 0 Å². The van der Waals surface area contributed by atoms with Crippen LogP contribution < -0.4 is 5.69 Å². The van der Waals surface area contributed by atoms with Gasteiger partial charge in [0, 0.05) is 5.38 Å². The number of imidazole rings is 1. The summed E-state index contributed by atoms with van der Waals surface area (Å²) in [6.07, 6.45) is 0. The highest BCUT2D eigenvalue weighted by atomic mass is 79.9. The third-order valence-electron chi connectivity index (χ3n) is 2.78. The fourth-order valence-corrected chi connectivity index (χ4v) is 3.28. The number of carboxylic acids is 1. The SMILES string of the molecule is O=C(O)Cn1c(=O)n(-c2nc(Br)cs2)c2ccccc21. The Hall–Kier alpha value is -1.93. The van der Waals surface area contributed by atoms with E-state index in [0.29, 0.717) is 20.8 Å². The standard InChI is InChI=1S/C12H8BrN3O3S/c13-9-6-20-11(14-9)16-8-4-2-1-3-7(8)15(12(16)19)5-10(17)18/h1-4,6H,5H2,(H,17,18). The molecular formula is C12H8BrN3O3S. The van der Waals surface area contributed by atoms with Gasteiger partial charge in [-0.1, -0.05) is 12.1 Å². The fourth-order valence-electron chi connectivity index (χ4n) is 2.03. The number of fused-ring (bicyclic) bond motifs is 1. The zero-order valence-electron chi connectivity index (χ0n) is 9.99. The van der Waals surface area contributed by atoms with Crippen molar-refractivity contribution in [2.24, 2.45) is 0 Å². The van der Waals surface area contributed by atoms with Gasteiger partial charge in [-0.2, -0.15) is 0 Å². The molecular weight excluding hydrogens is 346 g/mol. The first-order valence-electron chi connectivity index (χ1n) is 5.61. The summed E-state index contributed by atoms with van der Waals surface area (Å²) >= 11 is 4.56. The van der Waals surface area contributed by atoms with E-state index in [1.807, 2.05) is 0 Å². The van der Waals surface area contributed by atoms with Crippen molar-refractivity contribution >= 4 is 44.3 Å². The lowest BCUT2D eigenvalue weighted by atomic mass is 10.3. The van der Waals surface area contributed by atoms with E-state index in [9.17, 15) is 9.59 Å². The molecule has 0 aliphatic carbocycles. The molecule has 0 saturated carbocycles. The number of carboxylic acid groups (broad SMARTS) is 1. The van der Waals surface area contributed by atoms with Crippen molar-refractivity contribution < 1.29 is 9.90 Å². The van der Waals surface area contributed by atoms with Crippen LogP contribution in [0.5, 0.6) is 0 Å². The smallest absolute Gasteiger partial charge is 0.336 e. The van der Waals surface area contributed by atoms with Crippen LogP contribution in [-0.2, 0) is 11.3 Å². The normalized spacial score (nSPS) is 11.1. The van der Waals surface area contributed by atoms with Crippen molar-refractivity contribution in [3.63, 3.8) is 0 Å². The molecule has 0 fully saturated rings.